The third kappa shape index (κ3) is 5.35. The highest BCUT2D eigenvalue weighted by Gasteiger charge is 2.38. The maximum atomic E-state index is 13.7. The number of phenolic OH excluding ortho intramolecular Hbond substituents is 1. The maximum Gasteiger partial charge on any atom is 0.417 e. The van der Waals surface area contributed by atoms with Gasteiger partial charge in [0.1, 0.15) is 11.5 Å². The van der Waals surface area contributed by atoms with Crippen molar-refractivity contribution < 1.29 is 27.5 Å². The van der Waals surface area contributed by atoms with Gasteiger partial charge in [0, 0.05) is 14.1 Å². The number of carbonyl (C=O) groups excluding carboxylic acids is 1. The van der Waals surface area contributed by atoms with Crippen molar-refractivity contribution in [2.75, 3.05) is 24.7 Å². The highest BCUT2D eigenvalue weighted by molar-refractivity contribution is 6.99. The number of hydrogen-bond donors (Lipinski definition) is 3. The van der Waals surface area contributed by atoms with E-state index in [1.165, 1.54) is 14.1 Å². The summed E-state index contributed by atoms with van der Waals surface area (Å²) in [7, 11) is 2.59. The van der Waals surface area contributed by atoms with Crippen molar-refractivity contribution in [2.45, 2.75) is 39.9 Å². The fraction of sp³-hybridized carbons (Fsp3) is 0.375. The lowest BCUT2D eigenvalue weighted by Crippen LogP contribution is -2.26. The van der Waals surface area contributed by atoms with Gasteiger partial charge in [-0.25, -0.2) is 9.97 Å². The zero-order valence-electron chi connectivity index (χ0n) is 21.4. The molecule has 1 atom stereocenters. The number of aromatic hydroxyl groups is 1. The molecule has 4 rings (SSSR count). The lowest BCUT2D eigenvalue weighted by atomic mass is 9.85. The van der Waals surface area contributed by atoms with Crippen molar-refractivity contribution >= 4 is 46.3 Å². The molecule has 0 unspecified atom stereocenters. The number of halogens is 3. The minimum Gasteiger partial charge on any atom is -0.505 e. The summed E-state index contributed by atoms with van der Waals surface area (Å²) in [5, 5.41) is 17.0. The molecule has 0 saturated heterocycles. The third-order valence-electron chi connectivity index (χ3n) is 5.66. The Bertz CT molecular complexity index is 1490. The maximum absolute atomic E-state index is 13.7. The molecule has 1 aromatic carbocycles. The smallest absolute Gasteiger partial charge is 0.417 e. The Kier molecular flexibility index (Phi) is 6.95. The minimum atomic E-state index is -4.87. The van der Waals surface area contributed by atoms with Crippen LogP contribution in [0.4, 0.5) is 30.5 Å². The molecular weight excluding hydrogens is 523 g/mol. The monoisotopic (exact) mass is 549 g/mol. The summed E-state index contributed by atoms with van der Waals surface area (Å²) < 4.78 is 55.1. The molecule has 10 nitrogen and oxygen atoms in total. The molecule has 3 N–H and O–H groups in total. The molecule has 1 amide bonds. The van der Waals surface area contributed by atoms with Crippen molar-refractivity contribution in [1.82, 2.24) is 23.6 Å². The van der Waals surface area contributed by atoms with Gasteiger partial charge in [0.25, 0.3) is 5.91 Å². The van der Waals surface area contributed by atoms with Gasteiger partial charge in [-0.05, 0) is 36.6 Å². The normalized spacial score (nSPS) is 13.0. The zero-order valence-corrected chi connectivity index (χ0v) is 22.2. The van der Waals surface area contributed by atoms with Crippen LogP contribution in [-0.2, 0) is 6.18 Å². The quantitative estimate of drug-likeness (QED) is 0.257. The molecule has 0 radical (unpaired) electrons. The number of aryl methyl sites for hydroxylation is 1. The Labute approximate surface area is 220 Å². The summed E-state index contributed by atoms with van der Waals surface area (Å²) in [4.78, 5) is 22.5. The van der Waals surface area contributed by atoms with Gasteiger partial charge in [0.15, 0.2) is 17.4 Å². The van der Waals surface area contributed by atoms with E-state index in [0.717, 1.165) is 28.8 Å². The number of benzene rings is 1. The van der Waals surface area contributed by atoms with Crippen molar-refractivity contribution in [3.05, 3.63) is 46.9 Å². The van der Waals surface area contributed by atoms with Crippen molar-refractivity contribution in [3.63, 3.8) is 0 Å². The largest absolute Gasteiger partial charge is 0.505 e. The van der Waals surface area contributed by atoms with Crippen molar-refractivity contribution in [1.29, 1.82) is 0 Å². The number of alkyl halides is 3. The Morgan fingerprint density at radius 3 is 2.21 bits per heavy atom. The molecule has 3 heterocycles. The molecule has 14 heteroatoms. The van der Waals surface area contributed by atoms with E-state index in [4.69, 9.17) is 4.42 Å². The number of furan rings is 1. The zero-order chi connectivity index (χ0) is 28.0. The van der Waals surface area contributed by atoms with Crippen molar-refractivity contribution in [2.24, 2.45) is 5.41 Å². The van der Waals surface area contributed by atoms with Crippen LogP contribution in [0.25, 0.3) is 11.3 Å². The third-order valence-corrected chi connectivity index (χ3v) is 6.17. The van der Waals surface area contributed by atoms with Crippen LogP contribution >= 0.6 is 11.7 Å². The van der Waals surface area contributed by atoms with Crippen LogP contribution in [0.1, 0.15) is 54.3 Å². The van der Waals surface area contributed by atoms with E-state index in [9.17, 15) is 23.1 Å². The number of rotatable bonds is 6. The molecule has 0 saturated carbocycles. The first-order chi connectivity index (χ1) is 17.7. The number of nitrogens with zero attached hydrogens (tertiary/aromatic N) is 5. The van der Waals surface area contributed by atoms with Crippen LogP contribution in [0.2, 0.25) is 0 Å². The highest BCUT2D eigenvalue weighted by atomic mass is 32.1. The van der Waals surface area contributed by atoms with E-state index in [0.29, 0.717) is 11.5 Å². The second-order valence-corrected chi connectivity index (χ2v) is 10.5. The fourth-order valence-electron chi connectivity index (χ4n) is 3.78. The predicted octanol–water partition coefficient (Wildman–Crippen LogP) is 5.75. The van der Waals surface area contributed by atoms with Gasteiger partial charge in [0.05, 0.1) is 34.6 Å². The first-order valence-electron chi connectivity index (χ1n) is 11.4. The molecule has 202 valence electrons. The van der Waals surface area contributed by atoms with Gasteiger partial charge >= 0.3 is 6.18 Å². The molecular formula is C24H26F3N7O3S. The van der Waals surface area contributed by atoms with Crippen molar-refractivity contribution in [3.8, 4) is 5.75 Å². The van der Waals surface area contributed by atoms with Gasteiger partial charge in [-0.3, -0.25) is 4.79 Å². The Hall–Kier alpha value is -3.94. The van der Waals surface area contributed by atoms with Gasteiger partial charge < -0.3 is 25.1 Å². The molecule has 4 aromatic rings. The molecule has 0 aliphatic heterocycles. The van der Waals surface area contributed by atoms with E-state index >= 15 is 0 Å². The topological polar surface area (TPSA) is 129 Å². The molecule has 0 spiro atoms. The van der Waals surface area contributed by atoms with Crippen LogP contribution in [0, 0.1) is 12.3 Å². The number of phenols is 1. The fourth-order valence-corrected chi connectivity index (χ4v) is 4.22. The summed E-state index contributed by atoms with van der Waals surface area (Å²) in [5.74, 6) is -0.289. The number of amides is 1. The van der Waals surface area contributed by atoms with E-state index in [1.54, 1.807) is 0 Å². The molecule has 3 aromatic heterocycles. The Morgan fingerprint density at radius 1 is 1.05 bits per heavy atom. The van der Waals surface area contributed by atoms with E-state index in [-0.39, 0.29) is 34.0 Å². The van der Waals surface area contributed by atoms with Crippen LogP contribution in [0.15, 0.2) is 28.7 Å². The van der Waals surface area contributed by atoms with Crippen LogP contribution < -0.4 is 10.6 Å². The van der Waals surface area contributed by atoms with Gasteiger partial charge in [-0.2, -0.15) is 21.9 Å². The summed E-state index contributed by atoms with van der Waals surface area (Å²) >= 11 is 0.894. The van der Waals surface area contributed by atoms with E-state index in [1.807, 2.05) is 39.8 Å². The van der Waals surface area contributed by atoms with Crippen LogP contribution in [0.5, 0.6) is 5.75 Å². The number of nitrogens with one attached hydrogen (secondary N) is 2. The summed E-state index contributed by atoms with van der Waals surface area (Å²) in [6.45, 7) is 7.80. The number of anilines is 3. The molecule has 0 bridgehead atoms. The first-order valence-corrected chi connectivity index (χ1v) is 12.1. The average molecular weight is 550 g/mol. The van der Waals surface area contributed by atoms with Gasteiger partial charge in [0.2, 0.25) is 11.3 Å². The lowest BCUT2D eigenvalue weighted by molar-refractivity contribution is -0.138. The predicted molar refractivity (Wildman–Crippen MR) is 137 cm³/mol. The number of hydrogen-bond acceptors (Lipinski definition) is 10. The summed E-state index contributed by atoms with van der Waals surface area (Å²) in [6.07, 6.45) is -4.87. The molecule has 0 aliphatic rings. The van der Waals surface area contributed by atoms with Crippen LogP contribution in [0.3, 0.4) is 0 Å². The second kappa shape index (κ2) is 9.74. The number of carbonyl (C=O) groups is 1. The standard InChI is InChI=1S/C24H26F3N7O3S/c1-11-7-10-14(37-11)17(23(2,3)4)29-19-18(30-20-21(31-19)33-38-32-20)28-13-9-8-12(24(25,26)27)15(16(13)35)22(36)34(5)6/h7-10,17,35H,1-6H3,(H,28,30,32)(H,29,31,33)/t17-/m0/s1. The highest BCUT2D eigenvalue weighted by Crippen LogP contribution is 2.42. The van der Waals surface area contributed by atoms with Gasteiger partial charge in [-0.1, -0.05) is 20.8 Å². The van der Waals surface area contributed by atoms with E-state index < -0.39 is 35.0 Å². The number of fused-ring (bicyclic) bond motifs is 1. The SMILES string of the molecule is Cc1ccc([C@H](Nc2nc3nsnc3nc2Nc2ccc(C(F)(F)F)c(C(=O)N(C)C)c2O)C(C)(C)C)o1. The summed E-state index contributed by atoms with van der Waals surface area (Å²) in [5.41, 5.74) is -2.25. The lowest BCUT2D eigenvalue weighted by Gasteiger charge is -2.30. The molecule has 0 fully saturated rings. The molecule has 0 aliphatic carbocycles. The van der Waals surface area contributed by atoms with Gasteiger partial charge in [-0.15, -0.1) is 0 Å². The number of aromatic nitrogens is 4. The Morgan fingerprint density at radius 2 is 1.68 bits per heavy atom. The first kappa shape index (κ1) is 27.1. The second-order valence-electron chi connectivity index (χ2n) is 9.93. The minimum absolute atomic E-state index is 0.0565. The average Bonchev–Trinajstić information content (AvgIpc) is 3.44. The van der Waals surface area contributed by atoms with E-state index in [2.05, 4.69) is 29.3 Å². The summed E-state index contributed by atoms with van der Waals surface area (Å²) in [6, 6.07) is 5.02. The Balaban J connectivity index is 1.83. The molecule has 38 heavy (non-hydrogen) atoms. The van der Waals surface area contributed by atoms with Crippen LogP contribution in [-0.4, -0.2) is 48.7 Å².